The van der Waals surface area contributed by atoms with Crippen molar-refractivity contribution in [1.82, 2.24) is 0 Å². The van der Waals surface area contributed by atoms with Gasteiger partial charge in [0.2, 0.25) is 6.29 Å². The van der Waals surface area contributed by atoms with Crippen LogP contribution in [0.1, 0.15) is 79.1 Å². The Morgan fingerprint density at radius 3 is 1.95 bits per heavy atom. The van der Waals surface area contributed by atoms with Crippen LogP contribution in [-0.2, 0) is 9.53 Å². The predicted octanol–water partition coefficient (Wildman–Crippen LogP) is 3.64. The average molecular weight is 302 g/mol. The van der Waals surface area contributed by atoms with Gasteiger partial charge in [0.1, 0.15) is 6.10 Å². The molecule has 0 saturated heterocycles. The molecular weight excluding hydrogens is 268 g/mol. The van der Waals surface area contributed by atoms with Crippen molar-refractivity contribution in [1.29, 1.82) is 0 Å². The van der Waals surface area contributed by atoms with E-state index < -0.39 is 18.4 Å². The highest BCUT2D eigenvalue weighted by atomic mass is 16.6. The molecule has 0 radical (unpaired) electrons. The molecular formula is C17H34O4. The highest BCUT2D eigenvalue weighted by Gasteiger charge is 2.26. The Morgan fingerprint density at radius 1 is 0.952 bits per heavy atom. The van der Waals surface area contributed by atoms with Crippen molar-refractivity contribution in [3.63, 3.8) is 0 Å². The van der Waals surface area contributed by atoms with Gasteiger partial charge in [0.25, 0.3) is 0 Å². The van der Waals surface area contributed by atoms with Crippen LogP contribution in [0.3, 0.4) is 0 Å². The maximum absolute atomic E-state index is 12.0. The molecule has 0 aliphatic rings. The van der Waals surface area contributed by atoms with E-state index >= 15 is 0 Å². The van der Waals surface area contributed by atoms with Gasteiger partial charge >= 0.3 is 5.97 Å². The molecule has 2 N–H and O–H groups in total. The Balaban J connectivity index is 3.99. The number of carbonyl (C=O) groups is 1. The largest absolute Gasteiger partial charge is 0.433 e. The number of rotatable bonds is 12. The monoisotopic (exact) mass is 302 g/mol. The quantitative estimate of drug-likeness (QED) is 0.328. The number of hydrogen-bond acceptors (Lipinski definition) is 4. The molecule has 4 heteroatoms. The maximum Gasteiger partial charge on any atom is 0.311 e. The molecule has 0 heterocycles. The van der Waals surface area contributed by atoms with Crippen molar-refractivity contribution in [3.8, 4) is 0 Å². The summed E-state index contributed by atoms with van der Waals surface area (Å²) in [7, 11) is 0. The standard InChI is InChI=1S/C17H34O4/c1-5-6-7-8-9-10-11-12-15(13(2)3)17(20)21-16(19)14(4)18/h13-16,18-19H,5-12H2,1-4H3. The number of ether oxygens (including phenoxy) is 1. The summed E-state index contributed by atoms with van der Waals surface area (Å²) >= 11 is 0. The molecule has 3 atom stereocenters. The summed E-state index contributed by atoms with van der Waals surface area (Å²) < 4.78 is 4.91. The first-order valence-corrected chi connectivity index (χ1v) is 8.46. The summed E-state index contributed by atoms with van der Waals surface area (Å²) in [6.07, 6.45) is 6.80. The van der Waals surface area contributed by atoms with Gasteiger partial charge in [0, 0.05) is 0 Å². The van der Waals surface area contributed by atoms with Gasteiger partial charge in [-0.3, -0.25) is 4.79 Å². The Kier molecular flexibility index (Phi) is 11.6. The van der Waals surface area contributed by atoms with Gasteiger partial charge in [-0.05, 0) is 19.3 Å². The fourth-order valence-corrected chi connectivity index (χ4v) is 2.35. The van der Waals surface area contributed by atoms with Crippen LogP contribution >= 0.6 is 0 Å². The van der Waals surface area contributed by atoms with E-state index in [1.807, 2.05) is 13.8 Å². The highest BCUT2D eigenvalue weighted by Crippen LogP contribution is 2.22. The first-order chi connectivity index (χ1) is 9.90. The zero-order valence-electron chi connectivity index (χ0n) is 14.2. The average Bonchev–Trinajstić information content (AvgIpc) is 2.41. The molecule has 0 fully saturated rings. The molecule has 4 nitrogen and oxygen atoms in total. The number of unbranched alkanes of at least 4 members (excludes halogenated alkanes) is 6. The van der Waals surface area contributed by atoms with Crippen LogP contribution in [0.5, 0.6) is 0 Å². The second kappa shape index (κ2) is 12.0. The Hall–Kier alpha value is -0.610. The topological polar surface area (TPSA) is 66.8 Å². The van der Waals surface area contributed by atoms with Crippen LogP contribution in [0, 0.1) is 11.8 Å². The van der Waals surface area contributed by atoms with Crippen molar-refractivity contribution in [2.45, 2.75) is 91.5 Å². The normalized spacial score (nSPS) is 15.8. The molecule has 0 spiro atoms. The van der Waals surface area contributed by atoms with Gasteiger partial charge in [-0.25, -0.2) is 0 Å². The van der Waals surface area contributed by atoms with E-state index in [2.05, 4.69) is 6.92 Å². The summed E-state index contributed by atoms with van der Waals surface area (Å²) in [6.45, 7) is 7.59. The molecule has 126 valence electrons. The Morgan fingerprint density at radius 2 is 1.48 bits per heavy atom. The highest BCUT2D eigenvalue weighted by molar-refractivity contribution is 5.72. The lowest BCUT2D eigenvalue weighted by Gasteiger charge is -2.22. The third-order valence-electron chi connectivity index (χ3n) is 3.88. The van der Waals surface area contributed by atoms with E-state index in [-0.39, 0.29) is 11.8 Å². The van der Waals surface area contributed by atoms with Gasteiger partial charge in [-0.1, -0.05) is 65.7 Å². The molecule has 0 aliphatic carbocycles. The molecule has 0 aliphatic heterocycles. The maximum atomic E-state index is 12.0. The smallest absolute Gasteiger partial charge is 0.311 e. The van der Waals surface area contributed by atoms with E-state index in [1.54, 1.807) is 0 Å². The zero-order chi connectivity index (χ0) is 16.3. The minimum Gasteiger partial charge on any atom is -0.433 e. The van der Waals surface area contributed by atoms with Crippen molar-refractivity contribution in [2.75, 3.05) is 0 Å². The van der Waals surface area contributed by atoms with Crippen LogP contribution in [0.25, 0.3) is 0 Å². The lowest BCUT2D eigenvalue weighted by Crippen LogP contribution is -2.33. The van der Waals surface area contributed by atoms with E-state index in [9.17, 15) is 15.0 Å². The summed E-state index contributed by atoms with van der Waals surface area (Å²) in [4.78, 5) is 12.0. The molecule has 21 heavy (non-hydrogen) atoms. The molecule has 0 aromatic rings. The van der Waals surface area contributed by atoms with Crippen LogP contribution in [0.4, 0.5) is 0 Å². The molecule has 0 saturated carbocycles. The molecule has 0 amide bonds. The molecule has 0 bridgehead atoms. The van der Waals surface area contributed by atoms with E-state index in [4.69, 9.17) is 4.74 Å². The van der Waals surface area contributed by atoms with Crippen molar-refractivity contribution >= 4 is 5.97 Å². The van der Waals surface area contributed by atoms with Crippen molar-refractivity contribution < 1.29 is 19.7 Å². The first-order valence-electron chi connectivity index (χ1n) is 8.46. The van der Waals surface area contributed by atoms with E-state index in [0.29, 0.717) is 0 Å². The number of carbonyl (C=O) groups excluding carboxylic acids is 1. The van der Waals surface area contributed by atoms with Crippen LogP contribution in [-0.4, -0.2) is 28.6 Å². The van der Waals surface area contributed by atoms with Gasteiger partial charge < -0.3 is 14.9 Å². The first kappa shape index (κ1) is 20.4. The minimum absolute atomic E-state index is 0.179. The van der Waals surface area contributed by atoms with Crippen molar-refractivity contribution in [3.05, 3.63) is 0 Å². The fraction of sp³-hybridized carbons (Fsp3) is 0.941. The second-order valence-electron chi connectivity index (χ2n) is 6.33. The predicted molar refractivity (Wildman–Crippen MR) is 84.7 cm³/mol. The van der Waals surface area contributed by atoms with Crippen LogP contribution < -0.4 is 0 Å². The van der Waals surface area contributed by atoms with Crippen LogP contribution in [0.2, 0.25) is 0 Å². The SMILES string of the molecule is CCCCCCCCCC(C(=O)OC(O)C(C)O)C(C)C. The molecule has 0 aromatic heterocycles. The summed E-state index contributed by atoms with van der Waals surface area (Å²) in [6, 6.07) is 0. The number of aliphatic hydroxyl groups is 2. The minimum atomic E-state index is -1.42. The molecule has 3 unspecified atom stereocenters. The number of aliphatic hydroxyl groups excluding tert-OH is 2. The Bertz CT molecular complexity index is 264. The van der Waals surface area contributed by atoms with E-state index in [1.165, 1.54) is 39.0 Å². The Labute approximate surface area is 129 Å². The van der Waals surface area contributed by atoms with Gasteiger partial charge in [-0.2, -0.15) is 0 Å². The second-order valence-corrected chi connectivity index (χ2v) is 6.33. The van der Waals surface area contributed by atoms with Gasteiger partial charge in [-0.15, -0.1) is 0 Å². The number of esters is 1. The molecule has 0 aromatic carbocycles. The van der Waals surface area contributed by atoms with Crippen LogP contribution in [0.15, 0.2) is 0 Å². The van der Waals surface area contributed by atoms with E-state index in [0.717, 1.165) is 19.3 Å². The van der Waals surface area contributed by atoms with Crippen molar-refractivity contribution in [2.24, 2.45) is 11.8 Å². The lowest BCUT2D eigenvalue weighted by molar-refractivity contribution is -0.190. The number of hydrogen-bond donors (Lipinski definition) is 2. The van der Waals surface area contributed by atoms with Gasteiger partial charge in [0.05, 0.1) is 5.92 Å². The fourth-order valence-electron chi connectivity index (χ4n) is 2.35. The molecule has 0 rings (SSSR count). The third-order valence-corrected chi connectivity index (χ3v) is 3.88. The lowest BCUT2D eigenvalue weighted by atomic mass is 9.90. The summed E-state index contributed by atoms with van der Waals surface area (Å²) in [5, 5.41) is 18.6. The third kappa shape index (κ3) is 9.86. The van der Waals surface area contributed by atoms with Gasteiger partial charge in [0.15, 0.2) is 0 Å². The summed E-state index contributed by atoms with van der Waals surface area (Å²) in [5.74, 6) is -0.419. The zero-order valence-corrected chi connectivity index (χ0v) is 14.2. The summed E-state index contributed by atoms with van der Waals surface area (Å²) in [5.41, 5.74) is 0.